The van der Waals surface area contributed by atoms with Crippen molar-refractivity contribution in [3.05, 3.63) is 35.4 Å². The molecule has 0 atom stereocenters. The number of hydrogen-bond acceptors (Lipinski definition) is 2. The summed E-state index contributed by atoms with van der Waals surface area (Å²) in [5.74, 6) is 0. The maximum absolute atomic E-state index is 11.2. The summed E-state index contributed by atoms with van der Waals surface area (Å²) in [7, 11) is 1.36. The van der Waals surface area contributed by atoms with Gasteiger partial charge in [0.05, 0.1) is 12.6 Å². The number of carbonyl (C=O) groups excluding carboxylic acids is 1. The van der Waals surface area contributed by atoms with Crippen molar-refractivity contribution in [3.63, 3.8) is 0 Å². The number of hydrogen-bond donors (Lipinski definition) is 1. The third kappa shape index (κ3) is 3.55. The lowest BCUT2D eigenvalue weighted by Gasteiger charge is -2.26. The SMILES string of the molecule is COC(=O)NC(C)(C)c1cccc(C)c1.O. The van der Waals surface area contributed by atoms with Gasteiger partial charge in [0, 0.05) is 0 Å². The summed E-state index contributed by atoms with van der Waals surface area (Å²) in [6.07, 6.45) is -0.415. The largest absolute Gasteiger partial charge is 0.453 e. The molecule has 1 aromatic rings. The Bertz CT molecular complexity index is 361. The second-order valence-corrected chi connectivity index (χ2v) is 4.11. The standard InChI is InChI=1S/C12H17NO2.H2O/c1-9-6-5-7-10(8-9)12(2,3)13-11(14)15-4;/h5-8H,1-4H3,(H,13,14);1H2. The highest BCUT2D eigenvalue weighted by molar-refractivity contribution is 5.68. The zero-order chi connectivity index (χ0) is 11.5. The summed E-state index contributed by atoms with van der Waals surface area (Å²) < 4.78 is 4.59. The third-order valence-corrected chi connectivity index (χ3v) is 2.34. The van der Waals surface area contributed by atoms with Crippen molar-refractivity contribution in [2.45, 2.75) is 26.3 Å². The molecule has 1 aromatic carbocycles. The average Bonchev–Trinajstić information content (AvgIpc) is 2.17. The predicted octanol–water partition coefficient (Wildman–Crippen LogP) is 1.76. The summed E-state index contributed by atoms with van der Waals surface area (Å²) in [6, 6.07) is 8.04. The van der Waals surface area contributed by atoms with Crippen LogP contribution < -0.4 is 5.32 Å². The molecule has 0 spiro atoms. The highest BCUT2D eigenvalue weighted by atomic mass is 16.5. The van der Waals surface area contributed by atoms with Crippen LogP contribution in [0.4, 0.5) is 4.79 Å². The molecule has 0 aromatic heterocycles. The molecular weight excluding hydrogens is 206 g/mol. The topological polar surface area (TPSA) is 69.8 Å². The Morgan fingerprint density at radius 3 is 2.50 bits per heavy atom. The van der Waals surface area contributed by atoms with Gasteiger partial charge in [-0.2, -0.15) is 0 Å². The minimum absolute atomic E-state index is 0. The normalized spacial score (nSPS) is 10.2. The monoisotopic (exact) mass is 225 g/mol. The molecule has 90 valence electrons. The zero-order valence-electron chi connectivity index (χ0n) is 10.1. The van der Waals surface area contributed by atoms with Crippen LogP contribution in [0.25, 0.3) is 0 Å². The van der Waals surface area contributed by atoms with E-state index in [1.165, 1.54) is 12.7 Å². The van der Waals surface area contributed by atoms with Crippen LogP contribution in [0.1, 0.15) is 25.0 Å². The summed E-state index contributed by atoms with van der Waals surface area (Å²) in [4.78, 5) is 11.2. The molecule has 0 fully saturated rings. The van der Waals surface area contributed by atoms with Crippen molar-refractivity contribution in [1.29, 1.82) is 0 Å². The number of carbonyl (C=O) groups is 1. The highest BCUT2D eigenvalue weighted by Crippen LogP contribution is 2.20. The van der Waals surface area contributed by atoms with Crippen LogP contribution in [-0.2, 0) is 10.3 Å². The van der Waals surface area contributed by atoms with E-state index in [0.717, 1.165) is 5.56 Å². The second kappa shape index (κ2) is 5.51. The number of amides is 1. The fourth-order valence-electron chi connectivity index (χ4n) is 1.41. The van der Waals surface area contributed by atoms with Crippen LogP contribution in [0, 0.1) is 6.92 Å². The number of benzene rings is 1. The molecule has 0 aliphatic heterocycles. The molecule has 0 aliphatic carbocycles. The first-order chi connectivity index (χ1) is 6.95. The van der Waals surface area contributed by atoms with E-state index in [1.807, 2.05) is 39.0 Å². The number of alkyl carbamates (subject to hydrolysis) is 1. The Morgan fingerprint density at radius 1 is 1.38 bits per heavy atom. The van der Waals surface area contributed by atoms with Gasteiger partial charge in [-0.3, -0.25) is 0 Å². The van der Waals surface area contributed by atoms with Crippen LogP contribution in [0.15, 0.2) is 24.3 Å². The maximum Gasteiger partial charge on any atom is 0.407 e. The molecule has 4 nitrogen and oxygen atoms in total. The Morgan fingerprint density at radius 2 is 2.00 bits per heavy atom. The van der Waals surface area contributed by atoms with Crippen molar-refractivity contribution in [2.75, 3.05) is 7.11 Å². The van der Waals surface area contributed by atoms with Gasteiger partial charge in [-0.25, -0.2) is 4.79 Å². The van der Waals surface area contributed by atoms with Gasteiger partial charge in [0.15, 0.2) is 0 Å². The summed E-state index contributed by atoms with van der Waals surface area (Å²) >= 11 is 0. The molecule has 1 amide bonds. The summed E-state index contributed by atoms with van der Waals surface area (Å²) in [5.41, 5.74) is 1.82. The van der Waals surface area contributed by atoms with Crippen LogP contribution in [0.2, 0.25) is 0 Å². The molecule has 0 saturated heterocycles. The number of rotatable bonds is 2. The molecule has 0 bridgehead atoms. The first-order valence-electron chi connectivity index (χ1n) is 4.89. The van der Waals surface area contributed by atoms with E-state index in [9.17, 15) is 4.79 Å². The summed E-state index contributed by atoms with van der Waals surface area (Å²) in [6.45, 7) is 5.91. The molecule has 0 saturated carbocycles. The molecule has 4 heteroatoms. The van der Waals surface area contributed by atoms with E-state index in [0.29, 0.717) is 0 Å². The van der Waals surface area contributed by atoms with Crippen LogP contribution in [0.5, 0.6) is 0 Å². The molecule has 0 unspecified atom stereocenters. The highest BCUT2D eigenvalue weighted by Gasteiger charge is 2.22. The third-order valence-electron chi connectivity index (χ3n) is 2.34. The van der Waals surface area contributed by atoms with Crippen molar-refractivity contribution < 1.29 is 15.0 Å². The van der Waals surface area contributed by atoms with E-state index >= 15 is 0 Å². The fourth-order valence-corrected chi connectivity index (χ4v) is 1.41. The molecule has 0 radical (unpaired) electrons. The molecule has 0 heterocycles. The van der Waals surface area contributed by atoms with Gasteiger partial charge in [-0.1, -0.05) is 29.8 Å². The Labute approximate surface area is 95.9 Å². The first kappa shape index (κ1) is 14.5. The lowest BCUT2D eigenvalue weighted by molar-refractivity contribution is 0.159. The minimum atomic E-state index is -0.418. The average molecular weight is 225 g/mol. The number of methoxy groups -OCH3 is 1. The van der Waals surface area contributed by atoms with Gasteiger partial charge >= 0.3 is 6.09 Å². The smallest absolute Gasteiger partial charge is 0.407 e. The molecular formula is C12H19NO3. The van der Waals surface area contributed by atoms with Gasteiger partial charge < -0.3 is 15.5 Å². The van der Waals surface area contributed by atoms with E-state index in [4.69, 9.17) is 0 Å². The van der Waals surface area contributed by atoms with Gasteiger partial charge in [-0.05, 0) is 26.3 Å². The van der Waals surface area contributed by atoms with Crippen molar-refractivity contribution >= 4 is 6.09 Å². The number of aryl methyl sites for hydroxylation is 1. The van der Waals surface area contributed by atoms with Gasteiger partial charge in [0.2, 0.25) is 0 Å². The van der Waals surface area contributed by atoms with Gasteiger partial charge in [-0.15, -0.1) is 0 Å². The Kier molecular flexibility index (Phi) is 4.98. The van der Waals surface area contributed by atoms with Gasteiger partial charge in [0.1, 0.15) is 0 Å². The van der Waals surface area contributed by atoms with Crippen molar-refractivity contribution in [2.24, 2.45) is 0 Å². The Hall–Kier alpha value is -1.55. The fraction of sp³-hybridized carbons (Fsp3) is 0.417. The number of ether oxygens (including phenoxy) is 1. The Balaban J connectivity index is 0.00000225. The van der Waals surface area contributed by atoms with E-state index in [2.05, 4.69) is 16.1 Å². The van der Waals surface area contributed by atoms with Crippen LogP contribution in [-0.4, -0.2) is 18.7 Å². The van der Waals surface area contributed by atoms with Crippen molar-refractivity contribution in [3.8, 4) is 0 Å². The number of nitrogens with one attached hydrogen (secondary N) is 1. The molecule has 0 aliphatic rings. The van der Waals surface area contributed by atoms with Crippen LogP contribution >= 0.6 is 0 Å². The lowest BCUT2D eigenvalue weighted by Crippen LogP contribution is -2.40. The predicted molar refractivity (Wildman–Crippen MR) is 63.4 cm³/mol. The lowest BCUT2D eigenvalue weighted by atomic mass is 9.93. The zero-order valence-corrected chi connectivity index (χ0v) is 10.1. The molecule has 1 rings (SSSR count). The minimum Gasteiger partial charge on any atom is -0.453 e. The van der Waals surface area contributed by atoms with E-state index in [-0.39, 0.29) is 5.48 Å². The van der Waals surface area contributed by atoms with E-state index < -0.39 is 11.6 Å². The maximum atomic E-state index is 11.2. The molecule has 3 N–H and O–H groups in total. The first-order valence-corrected chi connectivity index (χ1v) is 4.89. The van der Waals surface area contributed by atoms with Crippen molar-refractivity contribution in [1.82, 2.24) is 5.32 Å². The van der Waals surface area contributed by atoms with Crippen LogP contribution in [0.3, 0.4) is 0 Å². The second-order valence-electron chi connectivity index (χ2n) is 4.11. The van der Waals surface area contributed by atoms with E-state index in [1.54, 1.807) is 0 Å². The van der Waals surface area contributed by atoms with Gasteiger partial charge in [0.25, 0.3) is 0 Å². The summed E-state index contributed by atoms with van der Waals surface area (Å²) in [5, 5.41) is 2.79. The quantitative estimate of drug-likeness (QED) is 0.833. The molecule has 16 heavy (non-hydrogen) atoms.